The van der Waals surface area contributed by atoms with Crippen molar-refractivity contribution in [1.82, 2.24) is 5.09 Å². The minimum absolute atomic E-state index is 1.14. The van der Waals surface area contributed by atoms with Crippen LogP contribution in [0.2, 0.25) is 0 Å². The average Bonchev–Trinajstić information content (AvgIpc) is 1.63. The molecule has 0 saturated carbocycles. The third-order valence-corrected chi connectivity index (χ3v) is 2.66. The fourth-order valence-electron chi connectivity index (χ4n) is 0.151. The van der Waals surface area contributed by atoms with E-state index in [0.717, 1.165) is 7.05 Å². The van der Waals surface area contributed by atoms with Gasteiger partial charge in [0.25, 0.3) is 0 Å². The van der Waals surface area contributed by atoms with Crippen LogP contribution in [0.25, 0.3) is 0 Å². The molecule has 56 valence electrons. The van der Waals surface area contributed by atoms with Gasteiger partial charge in [0.2, 0.25) is 0 Å². The molecule has 6 nitrogen and oxygen atoms in total. The van der Waals surface area contributed by atoms with Crippen molar-refractivity contribution in [3.05, 3.63) is 0 Å². The fourth-order valence-corrected chi connectivity index (χ4v) is 1.36. The summed E-state index contributed by atoms with van der Waals surface area (Å²) < 4.78 is 23.7. The molecule has 0 bridgehead atoms. The highest BCUT2D eigenvalue weighted by Crippen LogP contribution is 2.44. The molecule has 0 aromatic carbocycles. The average molecular weight is 175 g/mol. The number of rotatable bonds is 3. The molecule has 0 aliphatic heterocycles. The molecule has 0 amide bonds. The third kappa shape index (κ3) is 4.78. The molecule has 8 heteroatoms. The van der Waals surface area contributed by atoms with E-state index in [4.69, 9.17) is 9.79 Å². The maximum atomic E-state index is 10.3. The molecular formula is CH7NO5P2. The van der Waals surface area contributed by atoms with Crippen LogP contribution in [-0.2, 0) is 13.4 Å². The molecule has 0 fully saturated rings. The van der Waals surface area contributed by atoms with Crippen molar-refractivity contribution in [3.8, 4) is 0 Å². The first-order valence-electron chi connectivity index (χ1n) is 1.92. The standard InChI is InChI=1S/CH7NO5P2/c1-2-9(5,6)7-8(3)4/h8H,1H3,(H,3,4)(H2,2,5,6). The van der Waals surface area contributed by atoms with Gasteiger partial charge in [0, 0.05) is 0 Å². The van der Waals surface area contributed by atoms with Gasteiger partial charge in [-0.15, -0.1) is 0 Å². The van der Waals surface area contributed by atoms with Crippen molar-refractivity contribution >= 4 is 16.0 Å². The first-order chi connectivity index (χ1) is 3.98. The summed E-state index contributed by atoms with van der Waals surface area (Å²) in [5.41, 5.74) is 0. The Morgan fingerprint density at radius 3 is 2.33 bits per heavy atom. The second-order valence-electron chi connectivity index (χ2n) is 1.10. The second-order valence-corrected chi connectivity index (χ2v) is 3.85. The summed E-state index contributed by atoms with van der Waals surface area (Å²) in [6.45, 7) is 0. The molecule has 0 aromatic heterocycles. The summed E-state index contributed by atoms with van der Waals surface area (Å²) in [6.07, 6.45) is 0. The highest BCUT2D eigenvalue weighted by Gasteiger charge is 2.17. The van der Waals surface area contributed by atoms with Gasteiger partial charge in [0.15, 0.2) is 0 Å². The molecule has 0 aliphatic rings. The third-order valence-electron chi connectivity index (χ3n) is 0.484. The van der Waals surface area contributed by atoms with Gasteiger partial charge in [0.1, 0.15) is 0 Å². The Morgan fingerprint density at radius 2 is 2.22 bits per heavy atom. The smallest absolute Gasteiger partial charge is 0.326 e. The number of hydrogen-bond acceptors (Lipinski definition) is 3. The minimum Gasteiger partial charge on any atom is -0.326 e. The maximum Gasteiger partial charge on any atom is 0.409 e. The predicted molar refractivity (Wildman–Crippen MR) is 31.2 cm³/mol. The lowest BCUT2D eigenvalue weighted by molar-refractivity contribution is 0.342. The first kappa shape index (κ1) is 9.30. The summed E-state index contributed by atoms with van der Waals surface area (Å²) >= 11 is 0. The summed E-state index contributed by atoms with van der Waals surface area (Å²) in [5.74, 6) is 0. The van der Waals surface area contributed by atoms with Crippen LogP contribution < -0.4 is 5.09 Å². The van der Waals surface area contributed by atoms with Crippen molar-refractivity contribution in [2.24, 2.45) is 0 Å². The van der Waals surface area contributed by atoms with E-state index in [1.807, 2.05) is 5.09 Å². The van der Waals surface area contributed by atoms with Gasteiger partial charge in [-0.2, -0.15) is 0 Å². The van der Waals surface area contributed by atoms with Crippen molar-refractivity contribution in [1.29, 1.82) is 0 Å². The van der Waals surface area contributed by atoms with Crippen LogP contribution in [0.5, 0.6) is 0 Å². The van der Waals surface area contributed by atoms with E-state index in [1.54, 1.807) is 0 Å². The second kappa shape index (κ2) is 3.46. The quantitative estimate of drug-likeness (QED) is 0.509. The molecule has 0 saturated heterocycles. The van der Waals surface area contributed by atoms with Gasteiger partial charge in [-0.1, -0.05) is 0 Å². The zero-order valence-electron chi connectivity index (χ0n) is 4.57. The summed E-state index contributed by atoms with van der Waals surface area (Å²) in [6, 6.07) is 0. The van der Waals surface area contributed by atoms with Crippen LogP contribution in [0.15, 0.2) is 0 Å². The zero-order valence-corrected chi connectivity index (χ0v) is 6.46. The Morgan fingerprint density at radius 1 is 1.78 bits per heavy atom. The summed E-state index contributed by atoms with van der Waals surface area (Å²) in [4.78, 5) is 16.4. The van der Waals surface area contributed by atoms with Crippen LogP contribution in [0.3, 0.4) is 0 Å². The van der Waals surface area contributed by atoms with E-state index < -0.39 is 16.0 Å². The summed E-state index contributed by atoms with van der Waals surface area (Å²) in [5, 5.41) is 1.83. The van der Waals surface area contributed by atoms with Crippen LogP contribution in [0.1, 0.15) is 0 Å². The predicted octanol–water partition coefficient (Wildman–Crippen LogP) is -0.295. The fraction of sp³-hybridized carbons (Fsp3) is 1.00. The van der Waals surface area contributed by atoms with Gasteiger partial charge in [-0.3, -0.25) is 4.57 Å². The highest BCUT2D eigenvalue weighted by atomic mass is 31.2. The molecule has 3 N–H and O–H groups in total. The number of nitrogens with one attached hydrogen (secondary N) is 1. The molecule has 0 radical (unpaired) electrons. The Kier molecular flexibility index (Phi) is 3.58. The Bertz CT molecular complexity index is 155. The van der Waals surface area contributed by atoms with E-state index in [0.29, 0.717) is 0 Å². The zero-order chi connectivity index (χ0) is 7.49. The van der Waals surface area contributed by atoms with Crippen LogP contribution in [0, 0.1) is 0 Å². The SMILES string of the molecule is CNP(=O)(O)O[PH](=O)O. The van der Waals surface area contributed by atoms with Crippen molar-refractivity contribution in [2.45, 2.75) is 0 Å². The van der Waals surface area contributed by atoms with Gasteiger partial charge >= 0.3 is 16.0 Å². The van der Waals surface area contributed by atoms with E-state index in [-0.39, 0.29) is 0 Å². The molecular weight excluding hydrogens is 168 g/mol. The Hall–Kier alpha value is 0.300. The monoisotopic (exact) mass is 175 g/mol. The van der Waals surface area contributed by atoms with Crippen molar-refractivity contribution in [2.75, 3.05) is 7.05 Å². The lowest BCUT2D eigenvalue weighted by atomic mass is 11.6. The van der Waals surface area contributed by atoms with Gasteiger partial charge in [-0.25, -0.2) is 14.0 Å². The van der Waals surface area contributed by atoms with Crippen LogP contribution >= 0.6 is 16.0 Å². The normalized spacial score (nSPS) is 20.8. The summed E-state index contributed by atoms with van der Waals surface area (Å²) in [7, 11) is -6.18. The molecule has 2 atom stereocenters. The lowest BCUT2D eigenvalue weighted by Crippen LogP contribution is -2.01. The molecule has 0 aliphatic carbocycles. The molecule has 0 rings (SSSR count). The van der Waals surface area contributed by atoms with E-state index in [1.165, 1.54) is 0 Å². The van der Waals surface area contributed by atoms with Crippen molar-refractivity contribution < 1.29 is 23.2 Å². The molecule has 0 spiro atoms. The van der Waals surface area contributed by atoms with E-state index in [9.17, 15) is 9.13 Å². The first-order valence-corrected chi connectivity index (χ1v) is 4.76. The Balaban J connectivity index is 3.88. The van der Waals surface area contributed by atoms with Crippen LogP contribution in [-0.4, -0.2) is 16.8 Å². The van der Waals surface area contributed by atoms with Gasteiger partial charge in [0.05, 0.1) is 0 Å². The van der Waals surface area contributed by atoms with Crippen LogP contribution in [0.4, 0.5) is 0 Å². The molecule has 0 heterocycles. The van der Waals surface area contributed by atoms with E-state index in [2.05, 4.69) is 4.31 Å². The van der Waals surface area contributed by atoms with Gasteiger partial charge in [-0.05, 0) is 7.05 Å². The van der Waals surface area contributed by atoms with Crippen molar-refractivity contribution in [3.63, 3.8) is 0 Å². The largest absolute Gasteiger partial charge is 0.409 e. The van der Waals surface area contributed by atoms with E-state index >= 15 is 0 Å². The topological polar surface area (TPSA) is 95.9 Å². The molecule has 9 heavy (non-hydrogen) atoms. The minimum atomic E-state index is -4.00. The van der Waals surface area contributed by atoms with Gasteiger partial charge < -0.3 is 9.79 Å². The lowest BCUT2D eigenvalue weighted by Gasteiger charge is -2.05. The highest BCUT2D eigenvalue weighted by molar-refractivity contribution is 7.57. The molecule has 2 unspecified atom stereocenters. The Labute approximate surface area is 52.4 Å². The maximum absolute atomic E-state index is 10.3. The molecule has 0 aromatic rings. The number of hydrogen-bond donors (Lipinski definition) is 3.